The smallest absolute Gasteiger partial charge is 0.119 e. The minimum atomic E-state index is 0.207. The van der Waals surface area contributed by atoms with Crippen LogP contribution in [0.3, 0.4) is 0 Å². The number of nitrogens with one attached hydrogen (secondary N) is 1. The third kappa shape index (κ3) is 4.08. The molecule has 2 nitrogen and oxygen atoms in total. The fourth-order valence-corrected chi connectivity index (χ4v) is 2.97. The van der Waals surface area contributed by atoms with Crippen LogP contribution >= 0.6 is 15.9 Å². The van der Waals surface area contributed by atoms with Gasteiger partial charge >= 0.3 is 0 Å². The second kappa shape index (κ2) is 7.62. The van der Waals surface area contributed by atoms with E-state index in [0.717, 1.165) is 16.8 Å². The molecule has 3 heteroatoms. The van der Waals surface area contributed by atoms with E-state index in [4.69, 9.17) is 4.74 Å². The lowest BCUT2D eigenvalue weighted by atomic mass is 9.95. The van der Waals surface area contributed by atoms with E-state index in [2.05, 4.69) is 65.4 Å². The molecule has 2 rings (SSSR count). The van der Waals surface area contributed by atoms with Gasteiger partial charge in [0.15, 0.2) is 0 Å². The Bertz CT molecular complexity index is 580. The quantitative estimate of drug-likeness (QED) is 0.805. The first-order valence-corrected chi connectivity index (χ1v) is 8.17. The summed E-state index contributed by atoms with van der Waals surface area (Å²) >= 11 is 3.53. The summed E-state index contributed by atoms with van der Waals surface area (Å²) in [5, 5.41) is 3.57. The van der Waals surface area contributed by atoms with E-state index in [9.17, 15) is 0 Å². The maximum absolute atomic E-state index is 5.52. The average molecular weight is 348 g/mol. The van der Waals surface area contributed by atoms with E-state index < -0.39 is 0 Å². The van der Waals surface area contributed by atoms with Gasteiger partial charge in [0.25, 0.3) is 0 Å². The second-order valence-electron chi connectivity index (χ2n) is 4.99. The van der Waals surface area contributed by atoms with Gasteiger partial charge in [-0.1, -0.05) is 41.1 Å². The molecule has 0 bridgehead atoms. The number of hydrogen-bond donors (Lipinski definition) is 1. The first kappa shape index (κ1) is 16.1. The lowest BCUT2D eigenvalue weighted by Gasteiger charge is -2.21. The maximum Gasteiger partial charge on any atom is 0.119 e. The highest BCUT2D eigenvalue weighted by Gasteiger charge is 2.15. The summed E-state index contributed by atoms with van der Waals surface area (Å²) in [6, 6.07) is 15.0. The lowest BCUT2D eigenvalue weighted by molar-refractivity contribution is 0.340. The van der Waals surface area contributed by atoms with Crippen LogP contribution in [0.1, 0.15) is 36.6 Å². The van der Waals surface area contributed by atoms with Crippen molar-refractivity contribution in [2.24, 2.45) is 0 Å². The molecule has 1 atom stereocenters. The van der Waals surface area contributed by atoms with Crippen LogP contribution in [0.2, 0.25) is 0 Å². The van der Waals surface area contributed by atoms with Gasteiger partial charge in [0.2, 0.25) is 0 Å². The molecule has 0 aliphatic carbocycles. The zero-order valence-electron chi connectivity index (χ0n) is 12.8. The van der Waals surface area contributed by atoms with E-state index >= 15 is 0 Å². The molecule has 112 valence electrons. The molecular weight excluding hydrogens is 326 g/mol. The molecule has 2 aromatic carbocycles. The molecule has 0 amide bonds. The van der Waals surface area contributed by atoms with Crippen molar-refractivity contribution in [1.29, 1.82) is 0 Å². The molecule has 0 heterocycles. The van der Waals surface area contributed by atoms with Crippen molar-refractivity contribution in [3.8, 4) is 5.75 Å². The van der Waals surface area contributed by atoms with E-state index in [0.29, 0.717) is 6.61 Å². The molecule has 0 fully saturated rings. The van der Waals surface area contributed by atoms with E-state index in [1.165, 1.54) is 16.7 Å². The molecule has 0 saturated heterocycles. The van der Waals surface area contributed by atoms with Gasteiger partial charge in [-0.15, -0.1) is 0 Å². The summed E-state index contributed by atoms with van der Waals surface area (Å²) in [5.41, 5.74) is 3.85. The molecule has 0 aliphatic rings. The highest BCUT2D eigenvalue weighted by atomic mass is 79.9. The first-order valence-electron chi connectivity index (χ1n) is 7.37. The van der Waals surface area contributed by atoms with Crippen LogP contribution < -0.4 is 10.1 Å². The van der Waals surface area contributed by atoms with Crippen molar-refractivity contribution in [2.45, 2.75) is 26.8 Å². The van der Waals surface area contributed by atoms with Gasteiger partial charge in [-0.3, -0.25) is 0 Å². The highest BCUT2D eigenvalue weighted by Crippen LogP contribution is 2.28. The molecule has 0 spiro atoms. The third-order valence-electron chi connectivity index (χ3n) is 3.48. The zero-order chi connectivity index (χ0) is 15.2. The Morgan fingerprint density at radius 3 is 2.38 bits per heavy atom. The number of benzene rings is 2. The summed E-state index contributed by atoms with van der Waals surface area (Å²) in [7, 11) is 0. The van der Waals surface area contributed by atoms with E-state index in [1.54, 1.807) is 0 Å². The number of aryl methyl sites for hydroxylation is 1. The number of halogens is 1. The topological polar surface area (TPSA) is 21.3 Å². The largest absolute Gasteiger partial charge is 0.494 e. The number of rotatable bonds is 6. The van der Waals surface area contributed by atoms with Gasteiger partial charge in [0.05, 0.1) is 12.6 Å². The molecule has 2 aromatic rings. The van der Waals surface area contributed by atoms with Crippen molar-refractivity contribution in [1.82, 2.24) is 5.32 Å². The van der Waals surface area contributed by atoms with Gasteiger partial charge in [-0.2, -0.15) is 0 Å². The van der Waals surface area contributed by atoms with E-state index in [1.807, 2.05) is 19.1 Å². The Hall–Kier alpha value is -1.32. The van der Waals surface area contributed by atoms with Crippen LogP contribution in [-0.4, -0.2) is 13.2 Å². The molecular formula is C18H22BrNO. The van der Waals surface area contributed by atoms with Crippen LogP contribution in [-0.2, 0) is 0 Å². The fourth-order valence-electron chi connectivity index (χ4n) is 2.50. The Kier molecular flexibility index (Phi) is 5.83. The molecule has 1 N–H and O–H groups in total. The van der Waals surface area contributed by atoms with Crippen molar-refractivity contribution >= 4 is 15.9 Å². The Balaban J connectivity index is 2.33. The van der Waals surface area contributed by atoms with Crippen molar-refractivity contribution in [2.75, 3.05) is 13.2 Å². The average Bonchev–Trinajstić information content (AvgIpc) is 2.47. The van der Waals surface area contributed by atoms with Crippen molar-refractivity contribution < 1.29 is 4.74 Å². The summed E-state index contributed by atoms with van der Waals surface area (Å²) in [5.74, 6) is 0.920. The van der Waals surface area contributed by atoms with Gasteiger partial charge < -0.3 is 10.1 Å². The number of hydrogen-bond acceptors (Lipinski definition) is 2. The molecule has 0 radical (unpaired) electrons. The van der Waals surface area contributed by atoms with Crippen molar-refractivity contribution in [3.05, 3.63) is 63.6 Å². The lowest BCUT2D eigenvalue weighted by Crippen LogP contribution is -2.22. The molecule has 0 aromatic heterocycles. The Labute approximate surface area is 135 Å². The predicted octanol–water partition coefficient (Wildman–Crippen LogP) is 4.86. The molecule has 0 saturated carbocycles. The SMILES string of the molecule is CCNC(c1ccc(OCC)cc1)c1ccc(Br)cc1C. The Morgan fingerprint density at radius 1 is 1.10 bits per heavy atom. The highest BCUT2D eigenvalue weighted by molar-refractivity contribution is 9.10. The molecule has 1 unspecified atom stereocenters. The normalized spacial score (nSPS) is 12.2. The first-order chi connectivity index (χ1) is 10.2. The fraction of sp³-hybridized carbons (Fsp3) is 0.333. The van der Waals surface area contributed by atoms with Crippen LogP contribution in [0.5, 0.6) is 5.75 Å². The maximum atomic E-state index is 5.52. The summed E-state index contributed by atoms with van der Waals surface area (Å²) in [6.07, 6.45) is 0. The monoisotopic (exact) mass is 347 g/mol. The van der Waals surface area contributed by atoms with E-state index in [-0.39, 0.29) is 6.04 Å². The number of ether oxygens (including phenoxy) is 1. The minimum Gasteiger partial charge on any atom is -0.494 e. The molecule has 21 heavy (non-hydrogen) atoms. The molecule has 0 aliphatic heterocycles. The van der Waals surface area contributed by atoms with Gasteiger partial charge in [0, 0.05) is 4.47 Å². The van der Waals surface area contributed by atoms with Gasteiger partial charge in [-0.25, -0.2) is 0 Å². The Morgan fingerprint density at radius 2 is 1.81 bits per heavy atom. The van der Waals surface area contributed by atoms with Crippen LogP contribution in [0.15, 0.2) is 46.9 Å². The van der Waals surface area contributed by atoms with Crippen LogP contribution in [0.25, 0.3) is 0 Å². The van der Waals surface area contributed by atoms with Crippen LogP contribution in [0, 0.1) is 6.92 Å². The van der Waals surface area contributed by atoms with Crippen LogP contribution in [0.4, 0.5) is 0 Å². The predicted molar refractivity (Wildman–Crippen MR) is 92.0 cm³/mol. The minimum absolute atomic E-state index is 0.207. The van der Waals surface area contributed by atoms with Crippen molar-refractivity contribution in [3.63, 3.8) is 0 Å². The van der Waals surface area contributed by atoms with Gasteiger partial charge in [0.1, 0.15) is 5.75 Å². The summed E-state index contributed by atoms with van der Waals surface area (Å²) < 4.78 is 6.64. The third-order valence-corrected chi connectivity index (χ3v) is 3.97. The zero-order valence-corrected chi connectivity index (χ0v) is 14.4. The standard InChI is InChI=1S/C18H22BrNO/c1-4-20-18(17-11-8-15(19)12-13(17)3)14-6-9-16(10-7-14)21-5-2/h6-12,18,20H,4-5H2,1-3H3. The second-order valence-corrected chi connectivity index (χ2v) is 5.91. The summed E-state index contributed by atoms with van der Waals surface area (Å²) in [4.78, 5) is 0. The van der Waals surface area contributed by atoms with Gasteiger partial charge in [-0.05, 0) is 61.3 Å². The summed E-state index contributed by atoms with van der Waals surface area (Å²) in [6.45, 7) is 7.91.